The molecule has 0 N–H and O–H groups in total. The van der Waals surface area contributed by atoms with Gasteiger partial charge in [0.1, 0.15) is 5.82 Å². The zero-order valence-electron chi connectivity index (χ0n) is 11.8. The van der Waals surface area contributed by atoms with Crippen molar-refractivity contribution in [2.75, 3.05) is 18.0 Å². The summed E-state index contributed by atoms with van der Waals surface area (Å²) in [6.45, 7) is 3.99. The van der Waals surface area contributed by atoms with Crippen molar-refractivity contribution in [1.29, 1.82) is 0 Å². The monoisotopic (exact) mass is 270 g/mol. The minimum atomic E-state index is -0.145. The molecule has 1 aromatic heterocycles. The number of anilines is 1. The van der Waals surface area contributed by atoms with Crippen LogP contribution in [0, 0.1) is 5.82 Å². The van der Waals surface area contributed by atoms with Gasteiger partial charge in [0.25, 0.3) is 0 Å². The van der Waals surface area contributed by atoms with Gasteiger partial charge in [-0.3, -0.25) is 4.98 Å². The molecule has 1 saturated heterocycles. The number of hydrogen-bond acceptors (Lipinski definition) is 2. The number of aromatic nitrogens is 1. The minimum Gasteiger partial charge on any atom is -0.369 e. The van der Waals surface area contributed by atoms with E-state index in [1.165, 1.54) is 0 Å². The highest BCUT2D eigenvalue weighted by atomic mass is 19.1. The van der Waals surface area contributed by atoms with Crippen molar-refractivity contribution in [2.24, 2.45) is 0 Å². The Balaban J connectivity index is 1.92. The molecular formula is C17H19FN2. The van der Waals surface area contributed by atoms with E-state index in [0.717, 1.165) is 55.0 Å². The van der Waals surface area contributed by atoms with E-state index >= 15 is 0 Å². The molecule has 0 radical (unpaired) electrons. The molecule has 3 rings (SSSR count). The van der Waals surface area contributed by atoms with E-state index in [1.807, 2.05) is 30.3 Å². The second-order valence-electron chi connectivity index (χ2n) is 5.23. The first kappa shape index (κ1) is 13.1. The number of hydrogen-bond donors (Lipinski definition) is 0. The van der Waals surface area contributed by atoms with E-state index in [0.29, 0.717) is 0 Å². The van der Waals surface area contributed by atoms with Crippen molar-refractivity contribution in [1.82, 2.24) is 4.98 Å². The molecule has 1 aromatic carbocycles. The molecule has 0 amide bonds. The lowest BCUT2D eigenvalue weighted by molar-refractivity contribution is 0.623. The van der Waals surface area contributed by atoms with Gasteiger partial charge < -0.3 is 4.90 Å². The third-order valence-corrected chi connectivity index (χ3v) is 3.86. The molecular weight excluding hydrogens is 251 g/mol. The highest BCUT2D eigenvalue weighted by Gasteiger charge is 2.16. The fourth-order valence-electron chi connectivity index (χ4n) is 2.72. The zero-order valence-corrected chi connectivity index (χ0v) is 11.8. The molecule has 3 heteroatoms. The Bertz CT molecular complexity index is 604. The van der Waals surface area contributed by atoms with Crippen LogP contribution in [0.25, 0.3) is 11.3 Å². The first-order chi connectivity index (χ1) is 9.78. The quantitative estimate of drug-likeness (QED) is 0.836. The minimum absolute atomic E-state index is 0.145. The second-order valence-corrected chi connectivity index (χ2v) is 5.23. The number of aryl methyl sites for hydroxylation is 1. The van der Waals surface area contributed by atoms with E-state index in [-0.39, 0.29) is 5.82 Å². The molecule has 1 fully saturated rings. The van der Waals surface area contributed by atoms with Crippen LogP contribution in [0.1, 0.15) is 25.5 Å². The fraction of sp³-hybridized carbons (Fsp3) is 0.353. The third-order valence-electron chi connectivity index (χ3n) is 3.86. The summed E-state index contributed by atoms with van der Waals surface area (Å²) in [6, 6.07) is 11.4. The number of nitrogens with zero attached hydrogens (tertiary/aromatic N) is 2. The molecule has 20 heavy (non-hydrogen) atoms. The van der Waals surface area contributed by atoms with Crippen LogP contribution in [0.5, 0.6) is 0 Å². The molecule has 0 atom stereocenters. The molecule has 0 saturated carbocycles. The highest BCUT2D eigenvalue weighted by Crippen LogP contribution is 2.28. The largest absolute Gasteiger partial charge is 0.369 e. The van der Waals surface area contributed by atoms with E-state index in [2.05, 4.69) is 16.8 Å². The van der Waals surface area contributed by atoms with Crippen LogP contribution in [0.2, 0.25) is 0 Å². The molecule has 2 aromatic rings. The smallest absolute Gasteiger partial charge is 0.147 e. The Morgan fingerprint density at radius 1 is 1.15 bits per heavy atom. The van der Waals surface area contributed by atoms with E-state index in [9.17, 15) is 4.39 Å². The van der Waals surface area contributed by atoms with E-state index in [1.54, 1.807) is 6.07 Å². The molecule has 0 spiro atoms. The summed E-state index contributed by atoms with van der Waals surface area (Å²) in [5, 5.41) is 0. The molecule has 0 aliphatic carbocycles. The third kappa shape index (κ3) is 2.53. The Morgan fingerprint density at radius 3 is 2.65 bits per heavy atom. The van der Waals surface area contributed by atoms with Crippen LogP contribution in [0.15, 0.2) is 36.4 Å². The van der Waals surface area contributed by atoms with Crippen LogP contribution in [0.4, 0.5) is 10.1 Å². The number of halogens is 1. The van der Waals surface area contributed by atoms with Gasteiger partial charge in [0, 0.05) is 24.3 Å². The molecule has 1 aliphatic rings. The Kier molecular flexibility index (Phi) is 3.68. The Hall–Kier alpha value is -1.90. The van der Waals surface area contributed by atoms with Gasteiger partial charge in [0.05, 0.1) is 11.4 Å². The molecule has 2 heterocycles. The normalized spacial score (nSPS) is 14.8. The topological polar surface area (TPSA) is 16.1 Å². The van der Waals surface area contributed by atoms with Crippen LogP contribution >= 0.6 is 0 Å². The van der Waals surface area contributed by atoms with Crippen LogP contribution < -0.4 is 4.90 Å². The van der Waals surface area contributed by atoms with Crippen LogP contribution in [0.3, 0.4) is 0 Å². The highest BCUT2D eigenvalue weighted by molar-refractivity contribution is 5.64. The molecule has 1 aliphatic heterocycles. The van der Waals surface area contributed by atoms with Gasteiger partial charge in [0.15, 0.2) is 0 Å². The fourth-order valence-corrected chi connectivity index (χ4v) is 2.72. The predicted octanol–water partition coefficient (Wildman–Crippen LogP) is 4.05. The van der Waals surface area contributed by atoms with Gasteiger partial charge in [0.2, 0.25) is 0 Å². The van der Waals surface area contributed by atoms with Crippen molar-refractivity contribution < 1.29 is 4.39 Å². The molecule has 0 bridgehead atoms. The second kappa shape index (κ2) is 5.61. The standard InChI is InChI=1S/C17H19FN2/c1-2-14-6-5-7-16(19-14)13-8-9-17(15(18)12-13)20-10-3-4-11-20/h5-9,12H,2-4,10-11H2,1H3. The number of pyridine rings is 1. The van der Waals surface area contributed by atoms with Crippen LogP contribution in [-0.4, -0.2) is 18.1 Å². The average molecular weight is 270 g/mol. The maximum Gasteiger partial charge on any atom is 0.147 e. The van der Waals surface area contributed by atoms with Gasteiger partial charge in [-0.15, -0.1) is 0 Å². The summed E-state index contributed by atoms with van der Waals surface area (Å²) in [6.07, 6.45) is 3.20. The van der Waals surface area contributed by atoms with E-state index < -0.39 is 0 Å². The maximum atomic E-state index is 14.3. The summed E-state index contributed by atoms with van der Waals surface area (Å²) >= 11 is 0. The lowest BCUT2D eigenvalue weighted by Crippen LogP contribution is -2.18. The van der Waals surface area contributed by atoms with Crippen molar-refractivity contribution in [3.63, 3.8) is 0 Å². The van der Waals surface area contributed by atoms with Crippen molar-refractivity contribution in [3.8, 4) is 11.3 Å². The predicted molar refractivity (Wildman–Crippen MR) is 80.5 cm³/mol. The van der Waals surface area contributed by atoms with Gasteiger partial charge in [-0.05, 0) is 43.5 Å². The number of rotatable bonds is 3. The van der Waals surface area contributed by atoms with Gasteiger partial charge in [-0.2, -0.15) is 0 Å². The van der Waals surface area contributed by atoms with E-state index in [4.69, 9.17) is 0 Å². The number of benzene rings is 1. The first-order valence-corrected chi connectivity index (χ1v) is 7.28. The summed E-state index contributed by atoms with van der Waals surface area (Å²) in [5.41, 5.74) is 3.45. The molecule has 0 unspecified atom stereocenters. The SMILES string of the molecule is CCc1cccc(-c2ccc(N3CCCC3)c(F)c2)n1. The zero-order chi connectivity index (χ0) is 13.9. The van der Waals surface area contributed by atoms with Crippen molar-refractivity contribution in [3.05, 3.63) is 47.9 Å². The van der Waals surface area contributed by atoms with Crippen molar-refractivity contribution in [2.45, 2.75) is 26.2 Å². The van der Waals surface area contributed by atoms with Gasteiger partial charge >= 0.3 is 0 Å². The van der Waals surface area contributed by atoms with Gasteiger partial charge in [-0.1, -0.05) is 19.1 Å². The Morgan fingerprint density at radius 2 is 1.95 bits per heavy atom. The molecule has 2 nitrogen and oxygen atoms in total. The molecule has 104 valence electrons. The lowest BCUT2D eigenvalue weighted by atomic mass is 10.1. The Labute approximate surface area is 119 Å². The van der Waals surface area contributed by atoms with Crippen LogP contribution in [-0.2, 0) is 6.42 Å². The summed E-state index contributed by atoms with van der Waals surface area (Å²) < 4.78 is 14.3. The van der Waals surface area contributed by atoms with Gasteiger partial charge in [-0.25, -0.2) is 4.39 Å². The maximum absolute atomic E-state index is 14.3. The summed E-state index contributed by atoms with van der Waals surface area (Å²) in [4.78, 5) is 6.67. The first-order valence-electron chi connectivity index (χ1n) is 7.28. The summed E-state index contributed by atoms with van der Waals surface area (Å²) in [5.74, 6) is -0.145. The summed E-state index contributed by atoms with van der Waals surface area (Å²) in [7, 11) is 0. The van der Waals surface area contributed by atoms with Crippen molar-refractivity contribution >= 4 is 5.69 Å². The lowest BCUT2D eigenvalue weighted by Gasteiger charge is -2.18. The average Bonchev–Trinajstić information content (AvgIpc) is 3.01.